The predicted octanol–water partition coefficient (Wildman–Crippen LogP) is 3.26. The molecule has 1 N–H and O–H groups in total. The number of nitrogens with zero attached hydrogens (tertiary/aromatic N) is 2. The van der Waals surface area contributed by atoms with Crippen molar-refractivity contribution in [1.82, 2.24) is 15.1 Å². The Hall–Kier alpha value is -0.330. The summed E-state index contributed by atoms with van der Waals surface area (Å²) in [6.07, 6.45) is 3.25. The van der Waals surface area contributed by atoms with Gasteiger partial charge in [-0.1, -0.05) is 13.0 Å². The summed E-state index contributed by atoms with van der Waals surface area (Å²) in [6.45, 7) is 9.30. The van der Waals surface area contributed by atoms with Crippen LogP contribution in [-0.4, -0.2) is 55.0 Å². The number of nitrogens with one attached hydrogen (secondary N) is 1. The maximum absolute atomic E-state index is 12.6. The maximum Gasteiger partial charge on any atom is 0.222 e. The molecule has 7 heteroatoms. The van der Waals surface area contributed by atoms with E-state index in [0.717, 1.165) is 52.2 Å². The molecule has 2 fully saturated rings. The zero-order valence-electron chi connectivity index (χ0n) is 15.0. The van der Waals surface area contributed by atoms with Crippen LogP contribution in [0.5, 0.6) is 0 Å². The molecule has 3 heterocycles. The average Bonchev–Trinajstić information content (AvgIpc) is 3.09. The SMILES string of the molecule is CC(CC(=O)N1CCN(Cc2cccs2)CC1)C1CCCNC1.Cl.Cl. The molecule has 1 aromatic heterocycles. The summed E-state index contributed by atoms with van der Waals surface area (Å²) in [6, 6.07) is 4.31. The monoisotopic (exact) mass is 407 g/mol. The van der Waals surface area contributed by atoms with Crippen molar-refractivity contribution in [3.63, 3.8) is 0 Å². The number of carbonyl (C=O) groups is 1. The van der Waals surface area contributed by atoms with E-state index in [1.165, 1.54) is 17.7 Å². The van der Waals surface area contributed by atoms with Gasteiger partial charge in [0.15, 0.2) is 0 Å². The molecule has 4 nitrogen and oxygen atoms in total. The van der Waals surface area contributed by atoms with Crippen molar-refractivity contribution in [3.05, 3.63) is 22.4 Å². The molecule has 2 aliphatic heterocycles. The number of hydrogen-bond acceptors (Lipinski definition) is 4. The summed E-state index contributed by atoms with van der Waals surface area (Å²) in [7, 11) is 0. The van der Waals surface area contributed by atoms with E-state index in [1.54, 1.807) is 0 Å². The largest absolute Gasteiger partial charge is 0.340 e. The quantitative estimate of drug-likeness (QED) is 0.813. The van der Waals surface area contributed by atoms with Gasteiger partial charge >= 0.3 is 0 Å². The van der Waals surface area contributed by atoms with Crippen LogP contribution in [-0.2, 0) is 11.3 Å². The van der Waals surface area contributed by atoms with Crippen LogP contribution in [0.3, 0.4) is 0 Å². The molecule has 2 unspecified atom stereocenters. The Morgan fingerprint density at radius 3 is 2.68 bits per heavy atom. The Labute approximate surface area is 168 Å². The van der Waals surface area contributed by atoms with E-state index in [1.807, 2.05) is 11.3 Å². The van der Waals surface area contributed by atoms with E-state index in [9.17, 15) is 4.79 Å². The second kappa shape index (κ2) is 11.4. The molecule has 0 saturated carbocycles. The van der Waals surface area contributed by atoms with Crippen LogP contribution in [0.2, 0.25) is 0 Å². The van der Waals surface area contributed by atoms with E-state index in [-0.39, 0.29) is 24.8 Å². The third-order valence-electron chi connectivity index (χ3n) is 5.32. The van der Waals surface area contributed by atoms with Crippen molar-refractivity contribution in [2.45, 2.75) is 32.7 Å². The molecule has 0 aromatic carbocycles. The minimum Gasteiger partial charge on any atom is -0.340 e. The summed E-state index contributed by atoms with van der Waals surface area (Å²) in [5.74, 6) is 1.53. The highest BCUT2D eigenvalue weighted by Gasteiger charge is 2.26. The molecule has 144 valence electrons. The molecule has 2 atom stereocenters. The van der Waals surface area contributed by atoms with Crippen LogP contribution in [0.1, 0.15) is 31.1 Å². The summed E-state index contributed by atoms with van der Waals surface area (Å²) in [4.78, 5) is 18.5. The summed E-state index contributed by atoms with van der Waals surface area (Å²) in [5, 5.41) is 5.60. The van der Waals surface area contributed by atoms with Gasteiger partial charge in [0, 0.05) is 44.0 Å². The van der Waals surface area contributed by atoms with Gasteiger partial charge < -0.3 is 10.2 Å². The first kappa shape index (κ1) is 22.7. The van der Waals surface area contributed by atoms with Crippen LogP contribution >= 0.6 is 36.2 Å². The summed E-state index contributed by atoms with van der Waals surface area (Å²) >= 11 is 1.82. The van der Waals surface area contributed by atoms with E-state index >= 15 is 0 Å². The lowest BCUT2D eigenvalue weighted by Crippen LogP contribution is -2.48. The molecule has 0 spiro atoms. The normalized spacial score (nSPS) is 22.6. The number of piperazine rings is 1. The molecule has 3 rings (SSSR count). The van der Waals surface area contributed by atoms with Crippen molar-refractivity contribution in [1.29, 1.82) is 0 Å². The Morgan fingerprint density at radius 2 is 2.08 bits per heavy atom. The highest BCUT2D eigenvalue weighted by molar-refractivity contribution is 7.09. The molecule has 0 aliphatic carbocycles. The highest BCUT2D eigenvalue weighted by atomic mass is 35.5. The Balaban J connectivity index is 0.00000156. The third-order valence-corrected chi connectivity index (χ3v) is 6.18. The first-order valence-electron chi connectivity index (χ1n) is 8.95. The Kier molecular flexibility index (Phi) is 10.4. The number of rotatable bonds is 5. The standard InChI is InChI=1S/C18H29N3OS.2ClH/c1-15(16-4-2-6-19-13-16)12-18(22)21-9-7-20(8-10-21)14-17-5-3-11-23-17;;/h3,5,11,15-16,19H,2,4,6-10,12-14H2,1H3;2*1H. The summed E-state index contributed by atoms with van der Waals surface area (Å²) < 4.78 is 0. The average molecular weight is 408 g/mol. The van der Waals surface area contributed by atoms with E-state index in [4.69, 9.17) is 0 Å². The fourth-order valence-electron chi connectivity index (χ4n) is 3.71. The molecule has 2 saturated heterocycles. The Bertz CT molecular complexity index is 487. The number of piperidine rings is 1. The van der Waals surface area contributed by atoms with Gasteiger partial charge in [-0.2, -0.15) is 0 Å². The molecule has 25 heavy (non-hydrogen) atoms. The van der Waals surface area contributed by atoms with Gasteiger partial charge in [0.2, 0.25) is 5.91 Å². The topological polar surface area (TPSA) is 35.6 Å². The van der Waals surface area contributed by atoms with Crippen LogP contribution in [0.25, 0.3) is 0 Å². The molecule has 1 aromatic rings. The fourth-order valence-corrected chi connectivity index (χ4v) is 4.46. The van der Waals surface area contributed by atoms with Crippen LogP contribution in [0, 0.1) is 11.8 Å². The van der Waals surface area contributed by atoms with Gasteiger partial charge in [-0.3, -0.25) is 9.69 Å². The van der Waals surface area contributed by atoms with E-state index in [2.05, 4.69) is 39.6 Å². The number of thiophene rings is 1. The molecular weight excluding hydrogens is 377 g/mol. The molecular formula is C18H31Cl2N3OS. The van der Waals surface area contributed by atoms with E-state index < -0.39 is 0 Å². The van der Waals surface area contributed by atoms with Gasteiger partial charge in [0.25, 0.3) is 0 Å². The number of halogens is 2. The number of amides is 1. The van der Waals surface area contributed by atoms with E-state index in [0.29, 0.717) is 17.7 Å². The third kappa shape index (κ3) is 6.72. The van der Waals surface area contributed by atoms with Crippen molar-refractivity contribution in [2.24, 2.45) is 11.8 Å². The fraction of sp³-hybridized carbons (Fsp3) is 0.722. The minimum atomic E-state index is 0. The second-order valence-electron chi connectivity index (χ2n) is 7.02. The Morgan fingerprint density at radius 1 is 1.32 bits per heavy atom. The number of hydrogen-bond donors (Lipinski definition) is 1. The van der Waals surface area contributed by atoms with Gasteiger partial charge in [0.1, 0.15) is 0 Å². The second-order valence-corrected chi connectivity index (χ2v) is 8.06. The molecule has 2 aliphatic rings. The number of carbonyl (C=O) groups excluding carboxylic acids is 1. The van der Waals surface area contributed by atoms with Crippen molar-refractivity contribution < 1.29 is 4.79 Å². The molecule has 0 radical (unpaired) electrons. The smallest absolute Gasteiger partial charge is 0.222 e. The van der Waals surface area contributed by atoms with Crippen molar-refractivity contribution in [2.75, 3.05) is 39.3 Å². The first-order valence-corrected chi connectivity index (χ1v) is 9.83. The van der Waals surface area contributed by atoms with Crippen LogP contribution in [0.15, 0.2) is 17.5 Å². The lowest BCUT2D eigenvalue weighted by atomic mass is 9.85. The predicted molar refractivity (Wildman–Crippen MR) is 110 cm³/mol. The zero-order valence-corrected chi connectivity index (χ0v) is 17.4. The van der Waals surface area contributed by atoms with Gasteiger partial charge in [-0.05, 0) is 49.2 Å². The summed E-state index contributed by atoms with van der Waals surface area (Å²) in [5.41, 5.74) is 0. The molecule has 1 amide bonds. The minimum absolute atomic E-state index is 0. The van der Waals surface area contributed by atoms with Crippen LogP contribution in [0.4, 0.5) is 0 Å². The maximum atomic E-state index is 12.6. The van der Waals surface area contributed by atoms with Gasteiger partial charge in [-0.25, -0.2) is 0 Å². The zero-order chi connectivity index (χ0) is 16.1. The van der Waals surface area contributed by atoms with Crippen LogP contribution < -0.4 is 5.32 Å². The molecule has 0 bridgehead atoms. The van der Waals surface area contributed by atoms with Crippen molar-refractivity contribution in [3.8, 4) is 0 Å². The van der Waals surface area contributed by atoms with Gasteiger partial charge in [-0.15, -0.1) is 36.2 Å². The highest BCUT2D eigenvalue weighted by Crippen LogP contribution is 2.23. The van der Waals surface area contributed by atoms with Gasteiger partial charge in [0.05, 0.1) is 0 Å². The lowest BCUT2D eigenvalue weighted by Gasteiger charge is -2.36. The first-order chi connectivity index (χ1) is 11.2. The lowest BCUT2D eigenvalue weighted by molar-refractivity contribution is -0.134. The van der Waals surface area contributed by atoms with Crippen molar-refractivity contribution >= 4 is 42.1 Å².